The van der Waals surface area contributed by atoms with Crippen LogP contribution >= 0.6 is 11.8 Å². The van der Waals surface area contributed by atoms with Crippen LogP contribution in [-0.2, 0) is 27.9 Å². The van der Waals surface area contributed by atoms with Crippen LogP contribution in [0.3, 0.4) is 0 Å². The summed E-state index contributed by atoms with van der Waals surface area (Å²) in [7, 11) is 8.62. The van der Waals surface area contributed by atoms with Crippen molar-refractivity contribution >= 4 is 17.7 Å². The van der Waals surface area contributed by atoms with Crippen molar-refractivity contribution in [3.8, 4) is 46.3 Å². The number of piperazine rings is 1. The van der Waals surface area contributed by atoms with E-state index >= 15 is 0 Å². The fourth-order valence-corrected chi connectivity index (χ4v) is 12.0. The van der Waals surface area contributed by atoms with Crippen LogP contribution in [0.4, 0.5) is 0 Å². The lowest BCUT2D eigenvalue weighted by Crippen LogP contribution is -2.69. The van der Waals surface area contributed by atoms with Crippen LogP contribution in [0.1, 0.15) is 61.8 Å². The standard InChI is InChI=1S/C40H44N4O9S/c1-18-10-21-11-23-24(14-41)44-25-15-51-39(46)40(22-13-27(47-4)26(45)12-20(22)8-9-42-40)16-54-38(30-29(25)37-35(52-17-53-37)19(2)34(30)49-6)32(44)31(43(23)3)28(21)36(50-7)33(18)48-5/h10,12-13,23-25,31-32,38,42,45H,8-9,11,15-17H2,1-7H3/t23-,24-,25+,31+,32?,38+,40+/m0/s1. The average molecular weight is 757 g/mol. The monoisotopic (exact) mass is 756 g/mol. The number of nitrogens with one attached hydrogen (secondary N) is 1. The zero-order valence-electron chi connectivity index (χ0n) is 31.4. The van der Waals surface area contributed by atoms with Crippen LogP contribution in [0.2, 0.25) is 0 Å². The van der Waals surface area contributed by atoms with Gasteiger partial charge in [0, 0.05) is 46.6 Å². The van der Waals surface area contributed by atoms with Gasteiger partial charge in [-0.3, -0.25) is 15.1 Å². The third-order valence-electron chi connectivity index (χ3n) is 12.6. The summed E-state index contributed by atoms with van der Waals surface area (Å²) in [5.74, 6) is 3.38. The van der Waals surface area contributed by atoms with Gasteiger partial charge in [-0.2, -0.15) is 5.26 Å². The van der Waals surface area contributed by atoms with Crippen LogP contribution in [0.25, 0.3) is 0 Å². The molecule has 7 aliphatic heterocycles. The van der Waals surface area contributed by atoms with Crippen molar-refractivity contribution < 1.29 is 43.1 Å². The molecule has 284 valence electrons. The number of carbonyl (C=O) groups is 1. The molecular formula is C40H44N4O9S. The summed E-state index contributed by atoms with van der Waals surface area (Å²) in [5, 5.41) is 25.2. The van der Waals surface area contributed by atoms with Crippen molar-refractivity contribution in [3.63, 3.8) is 0 Å². The first-order valence-corrected chi connectivity index (χ1v) is 19.3. The Bertz CT molecular complexity index is 2140. The molecule has 2 N–H and O–H groups in total. The van der Waals surface area contributed by atoms with E-state index < -0.39 is 23.6 Å². The fraction of sp³-hybridized carbons (Fsp3) is 0.500. The van der Waals surface area contributed by atoms with Crippen LogP contribution in [0.5, 0.6) is 40.2 Å². The minimum absolute atomic E-state index is 0.0204. The van der Waals surface area contributed by atoms with E-state index in [2.05, 4.69) is 34.3 Å². The minimum Gasteiger partial charge on any atom is -0.504 e. The molecule has 13 nitrogen and oxygen atoms in total. The predicted molar refractivity (Wildman–Crippen MR) is 198 cm³/mol. The van der Waals surface area contributed by atoms with Gasteiger partial charge < -0.3 is 38.3 Å². The smallest absolute Gasteiger partial charge is 0.331 e. The molecule has 0 aromatic heterocycles. The molecule has 0 aliphatic carbocycles. The quantitative estimate of drug-likeness (QED) is 0.364. The maximum atomic E-state index is 14.8. The molecule has 7 atom stereocenters. The Labute approximate surface area is 318 Å². The van der Waals surface area contributed by atoms with Gasteiger partial charge in [0.25, 0.3) is 0 Å². The molecule has 10 rings (SSSR count). The summed E-state index contributed by atoms with van der Waals surface area (Å²) >= 11 is 1.63. The van der Waals surface area contributed by atoms with Crippen LogP contribution in [-0.4, -0.2) is 100 Å². The van der Waals surface area contributed by atoms with E-state index in [0.717, 1.165) is 38.9 Å². The summed E-state index contributed by atoms with van der Waals surface area (Å²) < 4.78 is 42.9. The lowest BCUT2D eigenvalue weighted by atomic mass is 9.71. The lowest BCUT2D eigenvalue weighted by molar-refractivity contribution is -0.157. The third-order valence-corrected chi connectivity index (χ3v) is 14.1. The average Bonchev–Trinajstić information content (AvgIpc) is 3.66. The second kappa shape index (κ2) is 12.8. The summed E-state index contributed by atoms with van der Waals surface area (Å²) in [4.78, 5) is 19.4. The molecule has 2 fully saturated rings. The van der Waals surface area contributed by atoms with Gasteiger partial charge in [-0.25, -0.2) is 4.79 Å². The van der Waals surface area contributed by atoms with Gasteiger partial charge >= 0.3 is 5.97 Å². The Kier molecular flexibility index (Phi) is 8.31. The molecular weight excluding hydrogens is 713 g/mol. The van der Waals surface area contributed by atoms with Crippen molar-refractivity contribution in [3.05, 3.63) is 62.7 Å². The first kappa shape index (κ1) is 35.2. The SMILES string of the molecule is COc1cc2c(cc1O)CCN[C@]21CS[C@@H]2c3c(OC)c(C)c4c(c3[C@@H](COC1=O)N1C2[C@H]2c3c(cc(C)c(OC)c3OC)C[C@@H]([C@@H]1C#N)N2C)OCO4. The van der Waals surface area contributed by atoms with Crippen molar-refractivity contribution in [1.29, 1.82) is 5.26 Å². The van der Waals surface area contributed by atoms with Crippen LogP contribution in [0.15, 0.2) is 18.2 Å². The maximum absolute atomic E-state index is 14.8. The van der Waals surface area contributed by atoms with Crippen molar-refractivity contribution in [2.45, 2.75) is 67.7 Å². The second-order valence-corrected chi connectivity index (χ2v) is 16.0. The normalized spacial score (nSPS) is 29.3. The Hall–Kier alpha value is -4.55. The van der Waals surface area contributed by atoms with Crippen molar-refractivity contribution in [2.24, 2.45) is 0 Å². The zero-order valence-corrected chi connectivity index (χ0v) is 32.2. The number of benzene rings is 3. The Morgan fingerprint density at radius 3 is 2.44 bits per heavy atom. The summed E-state index contributed by atoms with van der Waals surface area (Å²) in [5.41, 5.74) is 6.01. The number of rotatable bonds is 4. The molecule has 7 heterocycles. The summed E-state index contributed by atoms with van der Waals surface area (Å²) in [6, 6.07) is 6.42. The van der Waals surface area contributed by atoms with E-state index in [1.54, 1.807) is 45.2 Å². The molecule has 1 spiro atoms. The van der Waals surface area contributed by atoms with Gasteiger partial charge in [0.15, 0.2) is 40.0 Å². The zero-order chi connectivity index (χ0) is 37.8. The number of hydrogen-bond acceptors (Lipinski definition) is 14. The Balaban J connectivity index is 1.33. The number of nitrogens with zero attached hydrogens (tertiary/aromatic N) is 3. The molecule has 14 heteroatoms. The number of ether oxygens (including phenoxy) is 7. The van der Waals surface area contributed by atoms with Crippen LogP contribution < -0.4 is 33.7 Å². The third kappa shape index (κ3) is 4.58. The number of thioether (sulfide) groups is 1. The van der Waals surface area contributed by atoms with E-state index in [9.17, 15) is 15.2 Å². The largest absolute Gasteiger partial charge is 0.504 e. The molecule has 3 aromatic rings. The first-order chi connectivity index (χ1) is 26.1. The number of hydrogen-bond donors (Lipinski definition) is 2. The number of aryl methyl sites for hydroxylation is 1. The summed E-state index contributed by atoms with van der Waals surface area (Å²) in [6.45, 7) is 4.49. The minimum atomic E-state index is -1.26. The van der Waals surface area contributed by atoms with Gasteiger partial charge in [-0.1, -0.05) is 6.07 Å². The molecule has 0 amide bonds. The van der Waals surface area contributed by atoms with Crippen molar-refractivity contribution in [1.82, 2.24) is 15.1 Å². The number of phenolic OH excluding ortho intramolecular Hbond substituents is 1. The number of aromatic hydroxyl groups is 1. The number of nitriles is 1. The topological polar surface area (TPSA) is 144 Å². The highest BCUT2D eigenvalue weighted by atomic mass is 32.2. The highest BCUT2D eigenvalue weighted by Crippen LogP contribution is 2.64. The van der Waals surface area contributed by atoms with Gasteiger partial charge in [0.1, 0.15) is 18.4 Å². The van der Waals surface area contributed by atoms with Crippen molar-refractivity contribution in [2.75, 3.05) is 61.2 Å². The number of phenols is 1. The van der Waals surface area contributed by atoms with E-state index in [4.69, 9.17) is 33.2 Å². The Morgan fingerprint density at radius 1 is 0.963 bits per heavy atom. The van der Waals surface area contributed by atoms with Gasteiger partial charge in [0.2, 0.25) is 6.79 Å². The fourth-order valence-electron chi connectivity index (χ4n) is 10.4. The molecule has 0 radical (unpaired) electrons. The van der Waals surface area contributed by atoms with Gasteiger partial charge in [-0.15, -0.1) is 11.8 Å². The highest BCUT2D eigenvalue weighted by molar-refractivity contribution is 7.99. The predicted octanol–water partition coefficient (Wildman–Crippen LogP) is 4.37. The number of fused-ring (bicyclic) bond motifs is 9. The maximum Gasteiger partial charge on any atom is 0.331 e. The van der Waals surface area contributed by atoms with E-state index in [-0.39, 0.29) is 54.0 Å². The molecule has 3 aromatic carbocycles. The second-order valence-electron chi connectivity index (χ2n) is 14.9. The van der Waals surface area contributed by atoms with Gasteiger partial charge in [-0.05, 0) is 68.1 Å². The number of methoxy groups -OCH3 is 4. The molecule has 7 aliphatic rings. The number of carbonyl (C=O) groups excluding carboxylic acids is 1. The molecule has 54 heavy (non-hydrogen) atoms. The first-order valence-electron chi connectivity index (χ1n) is 18.2. The summed E-state index contributed by atoms with van der Waals surface area (Å²) in [6.07, 6.45) is 1.24. The van der Waals surface area contributed by atoms with E-state index in [1.165, 1.54) is 7.11 Å². The Morgan fingerprint density at radius 2 is 1.72 bits per heavy atom. The van der Waals surface area contributed by atoms with Gasteiger partial charge in [0.05, 0.1) is 51.8 Å². The lowest BCUT2D eigenvalue weighted by Gasteiger charge is -2.62. The molecule has 2 saturated heterocycles. The van der Waals surface area contributed by atoms with E-state index in [1.807, 2.05) is 13.8 Å². The number of esters is 1. The number of likely N-dealkylation sites (N-methyl/N-ethyl adjacent to an activating group) is 1. The van der Waals surface area contributed by atoms with Crippen LogP contribution in [0, 0.1) is 25.2 Å². The van der Waals surface area contributed by atoms with E-state index in [0.29, 0.717) is 53.7 Å². The molecule has 0 saturated carbocycles. The molecule has 1 unspecified atom stereocenters. The highest BCUT2D eigenvalue weighted by Gasteiger charge is 2.61. The molecule has 4 bridgehead atoms.